The Kier molecular flexibility index (Phi) is 2.27. The van der Waals surface area contributed by atoms with E-state index in [9.17, 15) is 4.79 Å². The highest BCUT2D eigenvalue weighted by atomic mass is 16.4. The zero-order valence-corrected chi connectivity index (χ0v) is 4.75. The minimum atomic E-state index is -1.48. The minimum absolute atomic E-state index is 0.192. The average Bonchev–Trinajstić information content (AvgIpc) is 1.84. The number of aliphatic hydroxyl groups is 1. The minimum Gasteiger partial charge on any atom is -0.501 e. The van der Waals surface area contributed by atoms with Gasteiger partial charge in [-0.1, -0.05) is 0 Å². The van der Waals surface area contributed by atoms with E-state index in [1.165, 1.54) is 13.0 Å². The molecule has 0 atom stereocenters. The summed E-state index contributed by atoms with van der Waals surface area (Å²) in [7, 11) is 0. The average molecular weight is 127 g/mol. The van der Waals surface area contributed by atoms with Gasteiger partial charge in [-0.15, -0.1) is 0 Å². The molecule has 0 saturated carbocycles. The molecule has 4 nitrogen and oxygen atoms in total. The first-order chi connectivity index (χ1) is 4.09. The standard InChI is InChI=1S/C5H5NO3/c1-3(2-6)4(7)5(8)9/h7H,1H3,(H,8,9)/b4-3+. The number of carbonyl (C=O) groups is 1. The molecule has 0 aromatic rings. The lowest BCUT2D eigenvalue weighted by atomic mass is 10.3. The van der Waals surface area contributed by atoms with Gasteiger partial charge in [0.1, 0.15) is 0 Å². The van der Waals surface area contributed by atoms with Crippen molar-refractivity contribution in [2.75, 3.05) is 0 Å². The zero-order chi connectivity index (χ0) is 7.44. The molecular formula is C5H5NO3. The number of rotatable bonds is 1. The Labute approximate surface area is 51.7 Å². The van der Waals surface area contributed by atoms with Gasteiger partial charge in [0.2, 0.25) is 5.76 Å². The summed E-state index contributed by atoms with van der Waals surface area (Å²) in [5.74, 6) is -2.37. The smallest absolute Gasteiger partial charge is 0.371 e. The predicted molar refractivity (Wildman–Crippen MR) is 28.6 cm³/mol. The van der Waals surface area contributed by atoms with Crippen molar-refractivity contribution in [3.05, 3.63) is 11.3 Å². The number of hydrogen-bond acceptors (Lipinski definition) is 3. The van der Waals surface area contributed by atoms with Crippen LogP contribution < -0.4 is 0 Å². The van der Waals surface area contributed by atoms with E-state index >= 15 is 0 Å². The maximum absolute atomic E-state index is 9.84. The summed E-state index contributed by atoms with van der Waals surface area (Å²) in [6, 6.07) is 1.49. The van der Waals surface area contributed by atoms with Crippen LogP contribution in [0.15, 0.2) is 11.3 Å². The maximum Gasteiger partial charge on any atom is 0.371 e. The highest BCUT2D eigenvalue weighted by Crippen LogP contribution is 1.96. The van der Waals surface area contributed by atoms with E-state index in [1.54, 1.807) is 0 Å². The van der Waals surface area contributed by atoms with Gasteiger partial charge in [-0.05, 0) is 6.92 Å². The Bertz CT molecular complexity index is 199. The summed E-state index contributed by atoms with van der Waals surface area (Å²) in [5.41, 5.74) is -0.192. The summed E-state index contributed by atoms with van der Waals surface area (Å²) in [6.07, 6.45) is 0. The van der Waals surface area contributed by atoms with Crippen molar-refractivity contribution >= 4 is 5.97 Å². The lowest BCUT2D eigenvalue weighted by Crippen LogP contribution is -2.00. The number of hydrogen-bond donors (Lipinski definition) is 2. The van der Waals surface area contributed by atoms with E-state index in [2.05, 4.69) is 0 Å². The largest absolute Gasteiger partial charge is 0.501 e. The van der Waals surface area contributed by atoms with Crippen LogP contribution in [0.2, 0.25) is 0 Å². The molecule has 9 heavy (non-hydrogen) atoms. The van der Waals surface area contributed by atoms with Crippen molar-refractivity contribution < 1.29 is 15.0 Å². The second kappa shape index (κ2) is 2.72. The first kappa shape index (κ1) is 7.50. The summed E-state index contributed by atoms with van der Waals surface area (Å²) in [5, 5.41) is 24.5. The number of aliphatic hydroxyl groups excluding tert-OH is 1. The van der Waals surface area contributed by atoms with Crippen LogP contribution in [-0.2, 0) is 4.79 Å². The van der Waals surface area contributed by atoms with E-state index in [-0.39, 0.29) is 5.57 Å². The second-order valence-electron chi connectivity index (χ2n) is 1.39. The predicted octanol–water partition coefficient (Wildman–Crippen LogP) is 0.427. The van der Waals surface area contributed by atoms with Gasteiger partial charge in [-0.2, -0.15) is 5.26 Å². The quantitative estimate of drug-likeness (QED) is 0.304. The highest BCUT2D eigenvalue weighted by Gasteiger charge is 2.06. The van der Waals surface area contributed by atoms with E-state index < -0.39 is 11.7 Å². The van der Waals surface area contributed by atoms with E-state index in [0.29, 0.717) is 0 Å². The first-order valence-corrected chi connectivity index (χ1v) is 2.12. The van der Waals surface area contributed by atoms with Gasteiger partial charge in [-0.25, -0.2) is 4.79 Å². The van der Waals surface area contributed by atoms with Crippen LogP contribution in [0.4, 0.5) is 0 Å². The number of carboxylic acid groups (broad SMARTS) is 1. The molecule has 0 aromatic heterocycles. The summed E-state index contributed by atoms with van der Waals surface area (Å²) in [4.78, 5) is 9.84. The molecule has 0 aliphatic carbocycles. The van der Waals surface area contributed by atoms with Crippen molar-refractivity contribution in [3.8, 4) is 6.07 Å². The van der Waals surface area contributed by atoms with E-state index in [4.69, 9.17) is 15.5 Å². The molecule has 0 saturated heterocycles. The third-order valence-electron chi connectivity index (χ3n) is 0.725. The molecule has 0 bridgehead atoms. The van der Waals surface area contributed by atoms with Crippen LogP contribution in [0.1, 0.15) is 6.92 Å². The summed E-state index contributed by atoms with van der Waals surface area (Å²) >= 11 is 0. The number of aliphatic carboxylic acids is 1. The van der Waals surface area contributed by atoms with Gasteiger partial charge in [-0.3, -0.25) is 0 Å². The first-order valence-electron chi connectivity index (χ1n) is 2.12. The Morgan fingerprint density at radius 1 is 1.56 bits per heavy atom. The third kappa shape index (κ3) is 1.82. The van der Waals surface area contributed by atoms with Crippen molar-refractivity contribution in [3.63, 3.8) is 0 Å². The van der Waals surface area contributed by atoms with Crippen molar-refractivity contribution in [1.29, 1.82) is 5.26 Å². The molecule has 48 valence electrons. The van der Waals surface area contributed by atoms with Crippen molar-refractivity contribution in [2.24, 2.45) is 0 Å². The SMILES string of the molecule is C/C(C#N)=C(\O)C(=O)O. The summed E-state index contributed by atoms with van der Waals surface area (Å²) < 4.78 is 0. The zero-order valence-electron chi connectivity index (χ0n) is 4.75. The second-order valence-corrected chi connectivity index (χ2v) is 1.39. The Balaban J connectivity index is 4.54. The van der Waals surface area contributed by atoms with Crippen molar-refractivity contribution in [2.45, 2.75) is 6.92 Å². The fourth-order valence-electron chi connectivity index (χ4n) is 0.213. The topological polar surface area (TPSA) is 81.3 Å². The molecule has 0 spiro atoms. The molecule has 0 aliphatic rings. The van der Waals surface area contributed by atoms with Crippen molar-refractivity contribution in [1.82, 2.24) is 0 Å². The summed E-state index contributed by atoms with van der Waals surface area (Å²) in [6.45, 7) is 1.23. The number of nitrogens with zero attached hydrogens (tertiary/aromatic N) is 1. The van der Waals surface area contributed by atoms with Crippen LogP contribution in [0.3, 0.4) is 0 Å². The molecule has 0 amide bonds. The Morgan fingerprint density at radius 2 is 2.00 bits per heavy atom. The van der Waals surface area contributed by atoms with E-state index in [1.807, 2.05) is 0 Å². The molecule has 0 unspecified atom stereocenters. The van der Waals surface area contributed by atoms with Gasteiger partial charge in [0.15, 0.2) is 0 Å². The lowest BCUT2D eigenvalue weighted by Gasteiger charge is -1.89. The monoisotopic (exact) mass is 127 g/mol. The van der Waals surface area contributed by atoms with Crippen LogP contribution in [0, 0.1) is 11.3 Å². The van der Waals surface area contributed by atoms with Crippen LogP contribution in [-0.4, -0.2) is 16.2 Å². The van der Waals surface area contributed by atoms with Gasteiger partial charge >= 0.3 is 5.97 Å². The van der Waals surface area contributed by atoms with E-state index in [0.717, 1.165) is 0 Å². The molecule has 0 radical (unpaired) electrons. The number of allylic oxidation sites excluding steroid dienone is 1. The maximum atomic E-state index is 9.84. The fraction of sp³-hybridized carbons (Fsp3) is 0.200. The Hall–Kier alpha value is -1.50. The van der Waals surface area contributed by atoms with Crippen LogP contribution in [0.5, 0.6) is 0 Å². The molecule has 0 aromatic carbocycles. The lowest BCUT2D eigenvalue weighted by molar-refractivity contribution is -0.135. The number of carboxylic acids is 1. The molecule has 2 N–H and O–H groups in total. The molecule has 0 rings (SSSR count). The fourth-order valence-corrected chi connectivity index (χ4v) is 0.213. The van der Waals surface area contributed by atoms with Gasteiger partial charge in [0.25, 0.3) is 0 Å². The molecule has 4 heteroatoms. The molecule has 0 fully saturated rings. The Morgan fingerprint density at radius 3 is 2.11 bits per heavy atom. The molecule has 0 aliphatic heterocycles. The number of nitriles is 1. The third-order valence-corrected chi connectivity index (χ3v) is 0.725. The van der Waals surface area contributed by atoms with Crippen LogP contribution >= 0.6 is 0 Å². The highest BCUT2D eigenvalue weighted by molar-refractivity contribution is 5.85. The van der Waals surface area contributed by atoms with Gasteiger partial charge in [0.05, 0.1) is 11.6 Å². The molecule has 0 heterocycles. The van der Waals surface area contributed by atoms with Gasteiger partial charge in [0, 0.05) is 0 Å². The normalized spacial score (nSPS) is 11.6. The van der Waals surface area contributed by atoms with Crippen LogP contribution in [0.25, 0.3) is 0 Å². The molecular weight excluding hydrogens is 122 g/mol. The van der Waals surface area contributed by atoms with Gasteiger partial charge < -0.3 is 10.2 Å².